The zero-order valence-electron chi connectivity index (χ0n) is 6.37. The van der Waals surface area contributed by atoms with Crippen molar-refractivity contribution >= 4 is 37.1 Å². The first kappa shape index (κ1) is 8.65. The fourth-order valence-corrected chi connectivity index (χ4v) is 1.72. The Hall–Kier alpha value is -0.940. The van der Waals surface area contributed by atoms with Crippen LogP contribution in [0.3, 0.4) is 0 Å². The van der Waals surface area contributed by atoms with Gasteiger partial charge in [0.2, 0.25) is 0 Å². The molecule has 0 radical (unpaired) electrons. The van der Waals surface area contributed by atoms with Crippen LogP contribution >= 0.6 is 25.3 Å². The van der Waals surface area contributed by atoms with Crippen molar-refractivity contribution in [3.8, 4) is 0 Å². The zero-order chi connectivity index (χ0) is 9.59. The van der Waals surface area contributed by atoms with Crippen LogP contribution in [0.5, 0.6) is 0 Å². The summed E-state index contributed by atoms with van der Waals surface area (Å²) < 4.78 is 0. The molecule has 3 nitrogen and oxygen atoms in total. The molecule has 0 saturated heterocycles. The van der Waals surface area contributed by atoms with E-state index in [9.17, 15) is 9.59 Å². The summed E-state index contributed by atoms with van der Waals surface area (Å²) in [6.45, 7) is 0. The number of nitrogens with one attached hydrogen (secondary N) is 1. The first-order valence-electron chi connectivity index (χ1n) is 3.52. The molecule has 13 heavy (non-hydrogen) atoms. The number of benzene rings is 1. The summed E-state index contributed by atoms with van der Waals surface area (Å²) in [5.74, 6) is -0.774. The van der Waals surface area contributed by atoms with Crippen LogP contribution in [0.15, 0.2) is 21.9 Å². The molecule has 0 bridgehead atoms. The third-order valence-corrected chi connectivity index (χ3v) is 2.87. The van der Waals surface area contributed by atoms with Gasteiger partial charge in [0.15, 0.2) is 0 Å². The van der Waals surface area contributed by atoms with Crippen molar-refractivity contribution < 1.29 is 9.59 Å². The van der Waals surface area contributed by atoms with Gasteiger partial charge in [-0.3, -0.25) is 14.9 Å². The van der Waals surface area contributed by atoms with Gasteiger partial charge >= 0.3 is 0 Å². The summed E-state index contributed by atoms with van der Waals surface area (Å²) >= 11 is 8.21. The van der Waals surface area contributed by atoms with E-state index in [0.29, 0.717) is 20.9 Å². The number of rotatable bonds is 0. The predicted molar refractivity (Wildman–Crippen MR) is 52.7 cm³/mol. The molecule has 0 spiro atoms. The molecule has 0 aliphatic carbocycles. The number of imide groups is 1. The van der Waals surface area contributed by atoms with E-state index in [-0.39, 0.29) is 5.91 Å². The van der Waals surface area contributed by atoms with Gasteiger partial charge in [0, 0.05) is 9.79 Å². The quantitative estimate of drug-likeness (QED) is 0.445. The molecular weight excluding hydrogens is 206 g/mol. The molecule has 2 rings (SSSR count). The molecule has 0 fully saturated rings. The minimum absolute atomic E-state index is 0.320. The fourth-order valence-electron chi connectivity index (χ4n) is 1.23. The van der Waals surface area contributed by atoms with Gasteiger partial charge in [0.05, 0.1) is 11.1 Å². The molecule has 1 aliphatic heterocycles. The van der Waals surface area contributed by atoms with Gasteiger partial charge in [-0.15, -0.1) is 25.3 Å². The number of fused-ring (bicyclic) bond motifs is 1. The summed E-state index contributed by atoms with van der Waals surface area (Å²) in [6.07, 6.45) is 0. The predicted octanol–water partition coefficient (Wildman–Crippen LogP) is 1.15. The van der Waals surface area contributed by atoms with E-state index in [1.165, 1.54) is 0 Å². The third-order valence-electron chi connectivity index (χ3n) is 1.86. The largest absolute Gasteiger partial charge is 0.288 e. The van der Waals surface area contributed by atoms with Crippen molar-refractivity contribution in [2.24, 2.45) is 0 Å². The van der Waals surface area contributed by atoms with Crippen molar-refractivity contribution in [2.45, 2.75) is 9.79 Å². The first-order chi connectivity index (χ1) is 6.11. The van der Waals surface area contributed by atoms with Crippen molar-refractivity contribution in [1.82, 2.24) is 5.32 Å². The van der Waals surface area contributed by atoms with Crippen LogP contribution in [-0.4, -0.2) is 11.8 Å². The molecule has 0 unspecified atom stereocenters. The monoisotopic (exact) mass is 211 g/mol. The lowest BCUT2D eigenvalue weighted by Crippen LogP contribution is -2.20. The Morgan fingerprint density at radius 3 is 2.46 bits per heavy atom. The van der Waals surface area contributed by atoms with Crippen LogP contribution < -0.4 is 5.32 Å². The molecule has 0 saturated carbocycles. The van der Waals surface area contributed by atoms with Gasteiger partial charge in [-0.2, -0.15) is 0 Å². The molecule has 1 aromatic carbocycles. The SMILES string of the molecule is O=C1NC(=O)c2c1ccc(S)c2S. The van der Waals surface area contributed by atoms with Crippen LogP contribution in [0.25, 0.3) is 0 Å². The Labute approximate surface area is 85.3 Å². The summed E-state index contributed by atoms with van der Waals surface area (Å²) in [4.78, 5) is 23.4. The highest BCUT2D eigenvalue weighted by atomic mass is 32.1. The molecule has 1 aliphatic rings. The Kier molecular flexibility index (Phi) is 1.85. The molecule has 1 N–H and O–H groups in total. The van der Waals surface area contributed by atoms with Crippen molar-refractivity contribution in [1.29, 1.82) is 0 Å². The lowest BCUT2D eigenvalue weighted by Gasteiger charge is -2.01. The van der Waals surface area contributed by atoms with Crippen LogP contribution in [0.1, 0.15) is 20.7 Å². The maximum absolute atomic E-state index is 11.2. The molecule has 66 valence electrons. The second-order valence-corrected chi connectivity index (χ2v) is 3.57. The Morgan fingerprint density at radius 2 is 1.77 bits per heavy atom. The van der Waals surface area contributed by atoms with E-state index in [2.05, 4.69) is 30.6 Å². The molecule has 0 aromatic heterocycles. The lowest BCUT2D eigenvalue weighted by molar-refractivity contribution is 0.0879. The Balaban J connectivity index is 2.78. The number of hydrogen-bond donors (Lipinski definition) is 3. The summed E-state index contributed by atoms with van der Waals surface area (Å²) in [6, 6.07) is 3.21. The van der Waals surface area contributed by atoms with Crippen LogP contribution in [0, 0.1) is 0 Å². The standard InChI is InChI=1S/C8H5NO2S2/c10-7-3-1-2-4(12)6(13)5(3)8(11)9-7/h1-2,12-13H,(H,9,10,11). The van der Waals surface area contributed by atoms with Crippen molar-refractivity contribution in [3.05, 3.63) is 23.3 Å². The molecular formula is C8H5NO2S2. The highest BCUT2D eigenvalue weighted by Gasteiger charge is 2.29. The summed E-state index contributed by atoms with van der Waals surface area (Å²) in [5.41, 5.74) is 0.689. The lowest BCUT2D eigenvalue weighted by atomic mass is 10.1. The summed E-state index contributed by atoms with van der Waals surface area (Å²) in [5, 5.41) is 2.19. The molecule has 5 heteroatoms. The van der Waals surface area contributed by atoms with Crippen LogP contribution in [-0.2, 0) is 0 Å². The van der Waals surface area contributed by atoms with Gasteiger partial charge in [-0.1, -0.05) is 0 Å². The van der Waals surface area contributed by atoms with Gasteiger partial charge in [0.25, 0.3) is 11.8 Å². The highest BCUT2D eigenvalue weighted by molar-refractivity contribution is 7.83. The van der Waals surface area contributed by atoms with E-state index in [1.54, 1.807) is 12.1 Å². The first-order valence-corrected chi connectivity index (χ1v) is 4.41. The van der Waals surface area contributed by atoms with E-state index in [4.69, 9.17) is 0 Å². The van der Waals surface area contributed by atoms with Crippen LogP contribution in [0.2, 0.25) is 0 Å². The average Bonchev–Trinajstić information content (AvgIpc) is 2.35. The second-order valence-electron chi connectivity index (χ2n) is 2.64. The van der Waals surface area contributed by atoms with Crippen molar-refractivity contribution in [2.75, 3.05) is 0 Å². The number of carbonyl (C=O) groups is 2. The average molecular weight is 211 g/mol. The molecule has 1 aromatic rings. The van der Waals surface area contributed by atoms with Gasteiger partial charge in [-0.05, 0) is 12.1 Å². The third kappa shape index (κ3) is 1.15. The zero-order valence-corrected chi connectivity index (χ0v) is 8.15. The molecule has 0 atom stereocenters. The second kappa shape index (κ2) is 2.78. The minimum Gasteiger partial charge on any atom is -0.288 e. The van der Waals surface area contributed by atoms with E-state index in [0.717, 1.165) is 0 Å². The van der Waals surface area contributed by atoms with Crippen molar-refractivity contribution in [3.63, 3.8) is 0 Å². The number of amides is 2. The minimum atomic E-state index is -0.402. The number of thiol groups is 2. The fraction of sp³-hybridized carbons (Fsp3) is 0. The normalized spacial score (nSPS) is 14.3. The van der Waals surface area contributed by atoms with E-state index >= 15 is 0 Å². The summed E-state index contributed by atoms with van der Waals surface area (Å²) in [7, 11) is 0. The van der Waals surface area contributed by atoms with E-state index < -0.39 is 5.91 Å². The Morgan fingerprint density at radius 1 is 1.08 bits per heavy atom. The Bertz CT molecular complexity index is 428. The van der Waals surface area contributed by atoms with E-state index in [1.807, 2.05) is 0 Å². The maximum atomic E-state index is 11.2. The maximum Gasteiger partial charge on any atom is 0.260 e. The topological polar surface area (TPSA) is 46.2 Å². The van der Waals surface area contributed by atoms with Crippen LogP contribution in [0.4, 0.5) is 0 Å². The van der Waals surface area contributed by atoms with Gasteiger partial charge in [-0.25, -0.2) is 0 Å². The number of carbonyl (C=O) groups excluding carboxylic acids is 2. The smallest absolute Gasteiger partial charge is 0.260 e. The number of hydrogen-bond acceptors (Lipinski definition) is 4. The molecule has 2 amide bonds. The highest BCUT2D eigenvalue weighted by Crippen LogP contribution is 2.28. The van der Waals surface area contributed by atoms with Gasteiger partial charge < -0.3 is 0 Å². The molecule has 1 heterocycles. The van der Waals surface area contributed by atoms with Gasteiger partial charge in [0.1, 0.15) is 0 Å².